The molecule has 3 heterocycles. The number of halogens is 2. The third-order valence-electron chi connectivity index (χ3n) is 5.60. The number of nitrogens with zero attached hydrogens (tertiary/aromatic N) is 4. The van der Waals surface area contributed by atoms with Gasteiger partial charge in [0, 0.05) is 15.8 Å². The van der Waals surface area contributed by atoms with Crippen LogP contribution >= 0.6 is 57.6 Å². The molecule has 0 saturated heterocycles. The molecule has 4 aromatic rings. The molecule has 0 bridgehead atoms. The lowest BCUT2D eigenvalue weighted by molar-refractivity contribution is -0.117. The molecule has 0 saturated carbocycles. The number of aryl methyl sites for hydroxylation is 2. The second-order valence-corrected chi connectivity index (χ2v) is 12.4. The summed E-state index contributed by atoms with van der Waals surface area (Å²) in [6.45, 7) is 3.53. The quantitative estimate of drug-likeness (QED) is 0.141. The molecule has 37 heavy (non-hydrogen) atoms. The van der Waals surface area contributed by atoms with Crippen molar-refractivity contribution in [1.29, 1.82) is 0 Å². The summed E-state index contributed by atoms with van der Waals surface area (Å²) in [4.78, 5) is 33.1. The van der Waals surface area contributed by atoms with E-state index in [-0.39, 0.29) is 10.7 Å². The summed E-state index contributed by atoms with van der Waals surface area (Å²) < 4.78 is 0.635. The highest BCUT2D eigenvalue weighted by Crippen LogP contribution is 2.45. The summed E-state index contributed by atoms with van der Waals surface area (Å²) in [5.74, 6) is -1.17. The zero-order valence-corrected chi connectivity index (χ0v) is 23.4. The first-order valence-corrected chi connectivity index (χ1v) is 14.3. The van der Waals surface area contributed by atoms with Crippen LogP contribution in [0.4, 0.5) is 5.13 Å². The Morgan fingerprint density at radius 2 is 1.84 bits per heavy atom. The summed E-state index contributed by atoms with van der Waals surface area (Å²) in [5, 5.41) is 21.5. The lowest BCUT2D eigenvalue weighted by Gasteiger charge is -2.24. The molecule has 0 spiro atoms. The molecule has 1 unspecified atom stereocenters. The lowest BCUT2D eigenvalue weighted by atomic mass is 9.95. The summed E-state index contributed by atoms with van der Waals surface area (Å²) in [5.41, 5.74) is 2.13. The Hall–Kier alpha value is -2.76. The van der Waals surface area contributed by atoms with Crippen molar-refractivity contribution in [1.82, 2.24) is 15.2 Å². The average Bonchev–Trinajstić information content (AvgIpc) is 3.54. The number of carbonyl (C=O) groups excluding carboxylic acids is 2. The summed E-state index contributed by atoms with van der Waals surface area (Å²) >= 11 is 16.1. The van der Waals surface area contributed by atoms with Gasteiger partial charge in [-0.15, -0.1) is 21.5 Å². The van der Waals surface area contributed by atoms with Crippen LogP contribution in [0.3, 0.4) is 0 Å². The van der Waals surface area contributed by atoms with Gasteiger partial charge >= 0.3 is 0 Å². The van der Waals surface area contributed by atoms with E-state index in [1.807, 2.05) is 24.3 Å². The van der Waals surface area contributed by atoms with Crippen LogP contribution in [0.25, 0.3) is 0 Å². The zero-order chi connectivity index (χ0) is 26.3. The minimum atomic E-state index is -0.928. The normalized spacial score (nSPS) is 15.6. The van der Waals surface area contributed by atoms with Crippen LogP contribution in [0.15, 0.2) is 64.2 Å². The van der Waals surface area contributed by atoms with Crippen molar-refractivity contribution >= 4 is 74.5 Å². The Kier molecular flexibility index (Phi) is 7.37. The molecular weight excluding hydrogens is 571 g/mol. The molecule has 7 nitrogen and oxygen atoms in total. The molecule has 5 rings (SSSR count). The number of carbonyl (C=O) groups is 2. The number of aliphatic hydroxyl groups excluding tert-OH is 1. The molecule has 0 fully saturated rings. The number of rotatable bonds is 7. The number of Topliss-reactive ketones (excluding diaryl/α,β-unsaturated/α-hetero) is 1. The molecule has 1 aliphatic heterocycles. The van der Waals surface area contributed by atoms with Crippen molar-refractivity contribution in [2.45, 2.75) is 30.0 Å². The third kappa shape index (κ3) is 5.17. The number of amides is 1. The van der Waals surface area contributed by atoms with Gasteiger partial charge in [-0.3, -0.25) is 14.5 Å². The molecule has 0 aliphatic carbocycles. The highest BCUT2D eigenvalue weighted by Gasteiger charge is 2.46. The van der Waals surface area contributed by atoms with Crippen molar-refractivity contribution in [3.8, 4) is 0 Å². The van der Waals surface area contributed by atoms with E-state index in [4.69, 9.17) is 23.2 Å². The molecule has 188 valence electrons. The fourth-order valence-electron chi connectivity index (χ4n) is 3.97. The van der Waals surface area contributed by atoms with Gasteiger partial charge in [-0.05, 0) is 49.2 Å². The van der Waals surface area contributed by atoms with Crippen molar-refractivity contribution in [2.75, 3.05) is 4.90 Å². The molecule has 0 radical (unpaired) electrons. The van der Waals surface area contributed by atoms with Gasteiger partial charge in [0.2, 0.25) is 10.9 Å². The Morgan fingerprint density at radius 1 is 1.08 bits per heavy atom. The number of aliphatic hydroxyl groups is 1. The Balaban J connectivity index is 1.51. The molecule has 12 heteroatoms. The van der Waals surface area contributed by atoms with Crippen molar-refractivity contribution in [3.63, 3.8) is 0 Å². The van der Waals surface area contributed by atoms with Crippen molar-refractivity contribution in [3.05, 3.63) is 96.6 Å². The van der Waals surface area contributed by atoms with Crippen molar-refractivity contribution < 1.29 is 14.7 Å². The number of ketones is 1. The van der Waals surface area contributed by atoms with Gasteiger partial charge in [0.05, 0.1) is 27.2 Å². The topological polar surface area (TPSA) is 96.3 Å². The van der Waals surface area contributed by atoms with E-state index in [2.05, 4.69) is 15.2 Å². The smallest absolute Gasteiger partial charge is 0.296 e. The summed E-state index contributed by atoms with van der Waals surface area (Å²) in [6.07, 6.45) is 0. The van der Waals surface area contributed by atoms with Crippen LogP contribution in [0, 0.1) is 13.8 Å². The van der Waals surface area contributed by atoms with E-state index in [9.17, 15) is 14.7 Å². The summed E-state index contributed by atoms with van der Waals surface area (Å²) in [7, 11) is 0. The second kappa shape index (κ2) is 10.5. The minimum Gasteiger partial charge on any atom is -0.503 e. The Labute approximate surface area is 234 Å². The van der Waals surface area contributed by atoms with Gasteiger partial charge in [-0.25, -0.2) is 4.98 Å². The van der Waals surface area contributed by atoms with Crippen LogP contribution in [0.1, 0.15) is 37.5 Å². The van der Waals surface area contributed by atoms with E-state index in [1.54, 1.807) is 38.1 Å². The monoisotopic (exact) mass is 588 g/mol. The Morgan fingerprint density at radius 3 is 2.51 bits per heavy atom. The molecule has 1 aliphatic rings. The number of thiazole rings is 1. The zero-order valence-electron chi connectivity index (χ0n) is 19.4. The molecule has 2 aromatic heterocycles. The van der Waals surface area contributed by atoms with E-state index in [0.717, 1.165) is 5.56 Å². The number of thioether (sulfide) groups is 1. The highest BCUT2D eigenvalue weighted by molar-refractivity contribution is 8.00. The predicted molar refractivity (Wildman–Crippen MR) is 148 cm³/mol. The number of aromatic nitrogens is 3. The number of hydrogen-bond donors (Lipinski definition) is 1. The van der Waals surface area contributed by atoms with Gasteiger partial charge in [0.25, 0.3) is 5.91 Å². The predicted octanol–water partition coefficient (Wildman–Crippen LogP) is 6.99. The first kappa shape index (κ1) is 25.9. The van der Waals surface area contributed by atoms with Crippen LogP contribution < -0.4 is 4.90 Å². The maximum absolute atomic E-state index is 13.7. The fraction of sp³-hybridized carbons (Fsp3) is 0.160. The second-order valence-electron chi connectivity index (χ2n) is 8.14. The maximum Gasteiger partial charge on any atom is 0.296 e. The largest absolute Gasteiger partial charge is 0.503 e. The number of benzene rings is 2. The van der Waals surface area contributed by atoms with Gasteiger partial charge in [-0.2, -0.15) is 0 Å². The number of hydrogen-bond acceptors (Lipinski definition) is 9. The first-order valence-electron chi connectivity index (χ1n) is 10.9. The molecular formula is C25H18Cl2N4O3S3. The van der Waals surface area contributed by atoms with Gasteiger partial charge in [0.15, 0.2) is 10.1 Å². The molecule has 1 N–H and O–H groups in total. The summed E-state index contributed by atoms with van der Waals surface area (Å²) in [6, 6.07) is 13.4. The molecule has 2 aromatic carbocycles. The van der Waals surface area contributed by atoms with Gasteiger partial charge in [-0.1, -0.05) is 70.6 Å². The third-order valence-corrected chi connectivity index (χ3v) is 9.29. The van der Waals surface area contributed by atoms with Gasteiger partial charge < -0.3 is 5.11 Å². The van der Waals surface area contributed by atoms with E-state index >= 15 is 0 Å². The van der Waals surface area contributed by atoms with E-state index in [0.29, 0.717) is 41.3 Å². The minimum absolute atomic E-state index is 0.0374. The van der Waals surface area contributed by atoms with Crippen LogP contribution in [-0.2, 0) is 10.5 Å². The standard InChI is InChI=1S/C25H18Cl2N4O3S3/c1-12-22(36-13(2)28-12)20(32)18-19(15-4-3-5-17(27)10-15)31(23(34)21(18)33)24-29-30-25(37-24)35-11-14-6-8-16(26)9-7-14/h3-10,19,33H,11H2,1-2H3. The van der Waals surface area contributed by atoms with Crippen LogP contribution in [-0.4, -0.2) is 32.0 Å². The lowest BCUT2D eigenvalue weighted by Crippen LogP contribution is -2.31. The average molecular weight is 590 g/mol. The van der Waals surface area contributed by atoms with E-state index in [1.165, 1.54) is 39.3 Å². The first-order chi connectivity index (χ1) is 17.7. The molecule has 1 amide bonds. The van der Waals surface area contributed by atoms with Gasteiger partial charge in [0.1, 0.15) is 0 Å². The maximum atomic E-state index is 13.7. The van der Waals surface area contributed by atoms with Crippen LogP contribution in [0.2, 0.25) is 10.0 Å². The van der Waals surface area contributed by atoms with E-state index < -0.39 is 23.5 Å². The highest BCUT2D eigenvalue weighted by atomic mass is 35.5. The number of anilines is 1. The Bertz CT molecular complexity index is 1550. The van der Waals surface area contributed by atoms with Crippen molar-refractivity contribution in [2.24, 2.45) is 0 Å². The molecule has 1 atom stereocenters. The fourth-order valence-corrected chi connectivity index (χ4v) is 7.00. The SMILES string of the molecule is Cc1nc(C)c(C(=O)C2=C(O)C(=O)N(c3nnc(SCc4ccc(Cl)cc4)s3)C2c2cccc(Cl)c2)s1. The van der Waals surface area contributed by atoms with Crippen LogP contribution in [0.5, 0.6) is 0 Å².